The van der Waals surface area contributed by atoms with E-state index in [4.69, 9.17) is 17.3 Å². The molecule has 0 saturated carbocycles. The molecule has 0 aliphatic heterocycles. The van der Waals surface area contributed by atoms with E-state index in [0.29, 0.717) is 10.7 Å². The highest BCUT2D eigenvalue weighted by Crippen LogP contribution is 2.43. The third-order valence-corrected chi connectivity index (χ3v) is 5.26. The van der Waals surface area contributed by atoms with Crippen molar-refractivity contribution in [1.29, 1.82) is 0 Å². The smallest absolute Gasteiger partial charge is 0.269 e. The van der Waals surface area contributed by atoms with E-state index in [1.807, 2.05) is 13.8 Å². The van der Waals surface area contributed by atoms with Gasteiger partial charge in [0.05, 0.1) is 26.2 Å². The Balaban J connectivity index is 2.21. The topological polar surface area (TPSA) is 82.0 Å². The molecule has 22 heavy (non-hydrogen) atoms. The van der Waals surface area contributed by atoms with Gasteiger partial charge in [-0.3, -0.25) is 10.1 Å². The van der Waals surface area contributed by atoms with Gasteiger partial charge in [-0.1, -0.05) is 11.6 Å². The monoisotopic (exact) mass is 333 g/mol. The molecule has 0 spiro atoms. The average molecular weight is 334 g/mol. The van der Waals surface area contributed by atoms with E-state index in [9.17, 15) is 10.1 Å². The van der Waals surface area contributed by atoms with Gasteiger partial charge in [-0.05, 0) is 37.1 Å². The lowest BCUT2D eigenvalue weighted by Gasteiger charge is -2.04. The Morgan fingerprint density at radius 3 is 2.50 bits per heavy atom. The second-order valence-electron chi connectivity index (χ2n) is 4.97. The highest BCUT2D eigenvalue weighted by Gasteiger charge is 2.18. The summed E-state index contributed by atoms with van der Waals surface area (Å²) in [7, 11) is 0. The molecule has 0 unspecified atom stereocenters. The van der Waals surface area contributed by atoms with E-state index in [-0.39, 0.29) is 5.69 Å². The Kier molecular flexibility index (Phi) is 3.50. The van der Waals surface area contributed by atoms with Crippen LogP contribution in [-0.2, 0) is 0 Å². The van der Waals surface area contributed by atoms with Crippen LogP contribution in [0.1, 0.15) is 11.3 Å². The van der Waals surface area contributed by atoms with Gasteiger partial charge >= 0.3 is 0 Å². The third-order valence-electron chi connectivity index (χ3n) is 3.56. The normalized spacial score (nSPS) is 11.0. The number of non-ortho nitro benzene ring substituents is 1. The number of nitrogens with two attached hydrogens (primary N) is 1. The first-order valence-corrected chi connectivity index (χ1v) is 7.69. The molecule has 2 aromatic heterocycles. The number of benzene rings is 1. The van der Waals surface area contributed by atoms with Crippen LogP contribution in [0.3, 0.4) is 0 Å². The summed E-state index contributed by atoms with van der Waals surface area (Å²) in [5, 5.41) is 12.2. The average Bonchev–Trinajstić information content (AvgIpc) is 2.82. The van der Waals surface area contributed by atoms with Crippen LogP contribution in [0, 0.1) is 24.0 Å². The summed E-state index contributed by atoms with van der Waals surface area (Å²) >= 11 is 7.71. The molecule has 0 aliphatic carbocycles. The number of aryl methyl sites for hydroxylation is 2. The van der Waals surface area contributed by atoms with Gasteiger partial charge in [0, 0.05) is 17.5 Å². The third kappa shape index (κ3) is 2.20. The number of nitrogen functional groups attached to an aromatic ring is 1. The van der Waals surface area contributed by atoms with Crippen molar-refractivity contribution in [2.24, 2.45) is 0 Å². The Morgan fingerprint density at radius 1 is 1.27 bits per heavy atom. The van der Waals surface area contributed by atoms with Crippen LogP contribution in [0.4, 0.5) is 11.4 Å². The summed E-state index contributed by atoms with van der Waals surface area (Å²) < 4.78 is 0. The number of fused-ring (bicyclic) bond motifs is 1. The minimum Gasteiger partial charge on any atom is -0.397 e. The zero-order valence-electron chi connectivity index (χ0n) is 11.9. The first-order valence-electron chi connectivity index (χ1n) is 6.49. The standard InChI is InChI=1S/C15H12ClN3O2S/c1-7-11-13(17)14(22-15(11)18-8(2)12(7)16)9-3-5-10(6-4-9)19(20)21/h3-6H,17H2,1-2H3. The number of hydrogen-bond acceptors (Lipinski definition) is 5. The van der Waals surface area contributed by atoms with Crippen molar-refractivity contribution >= 4 is 44.5 Å². The predicted octanol–water partition coefficient (Wildman–Crippen LogP) is 4.72. The molecule has 0 amide bonds. The number of rotatable bonds is 2. The minimum absolute atomic E-state index is 0.0524. The van der Waals surface area contributed by atoms with Gasteiger partial charge < -0.3 is 5.73 Å². The molecule has 7 heteroatoms. The molecule has 3 rings (SSSR count). The van der Waals surface area contributed by atoms with E-state index >= 15 is 0 Å². The summed E-state index contributed by atoms with van der Waals surface area (Å²) in [6.45, 7) is 3.78. The molecule has 2 N–H and O–H groups in total. The fourth-order valence-corrected chi connectivity index (χ4v) is 3.75. The number of nitro groups is 1. The van der Waals surface area contributed by atoms with Gasteiger partial charge in [-0.2, -0.15) is 0 Å². The van der Waals surface area contributed by atoms with Crippen molar-refractivity contribution in [1.82, 2.24) is 4.98 Å². The van der Waals surface area contributed by atoms with Gasteiger partial charge in [0.2, 0.25) is 0 Å². The van der Waals surface area contributed by atoms with E-state index < -0.39 is 4.92 Å². The molecule has 0 bridgehead atoms. The fourth-order valence-electron chi connectivity index (χ4n) is 2.40. The first-order chi connectivity index (χ1) is 10.4. The fraction of sp³-hybridized carbons (Fsp3) is 0.133. The lowest BCUT2D eigenvalue weighted by Crippen LogP contribution is -1.91. The van der Waals surface area contributed by atoms with E-state index in [1.165, 1.54) is 23.5 Å². The summed E-state index contributed by atoms with van der Waals surface area (Å²) in [6.07, 6.45) is 0. The number of aromatic nitrogens is 1. The van der Waals surface area contributed by atoms with Crippen molar-refractivity contribution < 1.29 is 4.92 Å². The Morgan fingerprint density at radius 2 is 1.91 bits per heavy atom. The summed E-state index contributed by atoms with van der Waals surface area (Å²) in [6, 6.07) is 6.33. The van der Waals surface area contributed by atoms with E-state index in [1.54, 1.807) is 12.1 Å². The largest absolute Gasteiger partial charge is 0.397 e. The van der Waals surface area contributed by atoms with Crippen LogP contribution in [-0.4, -0.2) is 9.91 Å². The lowest BCUT2D eigenvalue weighted by atomic mass is 10.1. The SMILES string of the molecule is Cc1nc2sc(-c3ccc([N+](=O)[O-])cc3)c(N)c2c(C)c1Cl. The molecule has 1 aromatic carbocycles. The molecule has 0 radical (unpaired) electrons. The number of anilines is 1. The molecule has 0 atom stereocenters. The van der Waals surface area contributed by atoms with Crippen LogP contribution in [0.15, 0.2) is 24.3 Å². The number of pyridine rings is 1. The van der Waals surface area contributed by atoms with Crippen molar-refractivity contribution in [2.75, 3.05) is 5.73 Å². The van der Waals surface area contributed by atoms with Crippen molar-refractivity contribution in [2.45, 2.75) is 13.8 Å². The van der Waals surface area contributed by atoms with Crippen molar-refractivity contribution in [3.63, 3.8) is 0 Å². The molecule has 0 fully saturated rings. The maximum absolute atomic E-state index is 10.7. The van der Waals surface area contributed by atoms with Gasteiger partial charge in [0.15, 0.2) is 0 Å². The van der Waals surface area contributed by atoms with Crippen LogP contribution in [0.25, 0.3) is 20.7 Å². The van der Waals surface area contributed by atoms with Gasteiger partial charge in [0.1, 0.15) is 4.83 Å². The number of thiophene rings is 1. The predicted molar refractivity (Wildman–Crippen MR) is 90.6 cm³/mol. The second-order valence-corrected chi connectivity index (χ2v) is 6.34. The quantitative estimate of drug-likeness (QED) is 0.543. The Bertz CT molecular complexity index is 904. The highest BCUT2D eigenvalue weighted by atomic mass is 35.5. The van der Waals surface area contributed by atoms with Crippen LogP contribution >= 0.6 is 22.9 Å². The molecular formula is C15H12ClN3O2S. The maximum Gasteiger partial charge on any atom is 0.269 e. The molecule has 3 aromatic rings. The van der Waals surface area contributed by atoms with Gasteiger partial charge in [-0.25, -0.2) is 4.98 Å². The van der Waals surface area contributed by atoms with E-state index in [2.05, 4.69) is 4.98 Å². The maximum atomic E-state index is 10.7. The van der Waals surface area contributed by atoms with Gasteiger partial charge in [0.25, 0.3) is 5.69 Å². The molecule has 0 saturated heterocycles. The summed E-state index contributed by atoms with van der Waals surface area (Å²) in [5.74, 6) is 0. The Labute approximate surface area is 135 Å². The first kappa shape index (κ1) is 14.7. The zero-order valence-corrected chi connectivity index (χ0v) is 13.5. The van der Waals surface area contributed by atoms with Crippen LogP contribution in [0.2, 0.25) is 5.02 Å². The summed E-state index contributed by atoms with van der Waals surface area (Å²) in [4.78, 5) is 16.5. The van der Waals surface area contributed by atoms with Crippen LogP contribution < -0.4 is 5.73 Å². The number of halogens is 1. The number of hydrogen-bond donors (Lipinski definition) is 1. The lowest BCUT2D eigenvalue weighted by molar-refractivity contribution is -0.384. The molecule has 2 heterocycles. The van der Waals surface area contributed by atoms with E-state index in [0.717, 1.165) is 31.9 Å². The Hall–Kier alpha value is -2.18. The zero-order chi connectivity index (χ0) is 16.0. The molecule has 5 nitrogen and oxygen atoms in total. The summed E-state index contributed by atoms with van der Waals surface area (Å²) in [5.41, 5.74) is 9.44. The second kappa shape index (κ2) is 5.23. The number of nitrogens with zero attached hydrogens (tertiary/aromatic N) is 2. The van der Waals surface area contributed by atoms with Crippen molar-refractivity contribution in [3.05, 3.63) is 50.7 Å². The molecule has 0 aliphatic rings. The minimum atomic E-state index is -0.424. The molecular weight excluding hydrogens is 322 g/mol. The van der Waals surface area contributed by atoms with Crippen molar-refractivity contribution in [3.8, 4) is 10.4 Å². The number of nitro benzene ring substituents is 1. The van der Waals surface area contributed by atoms with Crippen LogP contribution in [0.5, 0.6) is 0 Å². The van der Waals surface area contributed by atoms with Gasteiger partial charge in [-0.15, -0.1) is 11.3 Å². The molecule has 112 valence electrons. The highest BCUT2D eigenvalue weighted by molar-refractivity contribution is 7.22.